The lowest BCUT2D eigenvalue weighted by molar-refractivity contribution is 0.262. The van der Waals surface area contributed by atoms with E-state index in [0.717, 1.165) is 21.8 Å². The number of hydrogen-bond donors (Lipinski definition) is 3. The molecule has 2 heterocycles. The molecule has 2 aromatic heterocycles. The number of benzene rings is 2. The van der Waals surface area contributed by atoms with Crippen molar-refractivity contribution in [2.24, 2.45) is 0 Å². The van der Waals surface area contributed by atoms with Gasteiger partial charge in [0.1, 0.15) is 0 Å². The molecule has 0 fully saturated rings. The van der Waals surface area contributed by atoms with Gasteiger partial charge in [-0.05, 0) is 55.0 Å². The standard InChI is InChI=1S/C21H17ClN6OS/c1-13-7-8-17(25-20(29)24-16-6-2-5-15(22)10-16)11-18(13)26-21-28-27-19(30-21)14-4-3-9-23-12-14/h2-12H,1H3,(H,26,28)(H2,24,25,29). The summed E-state index contributed by atoms with van der Waals surface area (Å²) in [7, 11) is 0. The summed E-state index contributed by atoms with van der Waals surface area (Å²) in [5.41, 5.74) is 3.99. The maximum absolute atomic E-state index is 12.3. The summed E-state index contributed by atoms with van der Waals surface area (Å²) in [6.45, 7) is 1.97. The Morgan fingerprint density at radius 3 is 2.60 bits per heavy atom. The smallest absolute Gasteiger partial charge is 0.323 e. The van der Waals surface area contributed by atoms with E-state index in [0.29, 0.717) is 21.5 Å². The third-order valence-electron chi connectivity index (χ3n) is 4.15. The highest BCUT2D eigenvalue weighted by molar-refractivity contribution is 7.18. The normalized spacial score (nSPS) is 10.5. The van der Waals surface area contributed by atoms with Gasteiger partial charge in [0.2, 0.25) is 5.13 Å². The van der Waals surface area contributed by atoms with E-state index >= 15 is 0 Å². The molecule has 0 spiro atoms. The molecule has 0 atom stereocenters. The molecule has 2 amide bonds. The van der Waals surface area contributed by atoms with Gasteiger partial charge in [-0.25, -0.2) is 4.79 Å². The molecule has 9 heteroatoms. The van der Waals surface area contributed by atoms with Crippen LogP contribution in [0.4, 0.5) is 27.0 Å². The van der Waals surface area contributed by atoms with Gasteiger partial charge in [0.05, 0.1) is 0 Å². The van der Waals surface area contributed by atoms with Crippen LogP contribution in [0.5, 0.6) is 0 Å². The Morgan fingerprint density at radius 1 is 1.00 bits per heavy atom. The summed E-state index contributed by atoms with van der Waals surface area (Å²) in [6.07, 6.45) is 3.46. The van der Waals surface area contributed by atoms with Crippen LogP contribution >= 0.6 is 22.9 Å². The number of rotatable bonds is 5. The summed E-state index contributed by atoms with van der Waals surface area (Å²) in [4.78, 5) is 16.4. The molecule has 4 aromatic rings. The molecule has 0 saturated carbocycles. The molecule has 2 aromatic carbocycles. The van der Waals surface area contributed by atoms with Crippen molar-refractivity contribution in [2.75, 3.05) is 16.0 Å². The van der Waals surface area contributed by atoms with Crippen molar-refractivity contribution in [1.82, 2.24) is 15.2 Å². The van der Waals surface area contributed by atoms with E-state index in [2.05, 4.69) is 31.1 Å². The minimum Gasteiger partial charge on any atom is -0.330 e. The van der Waals surface area contributed by atoms with Gasteiger partial charge in [0.25, 0.3) is 0 Å². The van der Waals surface area contributed by atoms with E-state index in [1.807, 2.05) is 37.3 Å². The zero-order valence-electron chi connectivity index (χ0n) is 15.9. The van der Waals surface area contributed by atoms with Crippen LogP contribution in [0.15, 0.2) is 67.0 Å². The van der Waals surface area contributed by atoms with E-state index in [9.17, 15) is 4.79 Å². The van der Waals surface area contributed by atoms with Gasteiger partial charge < -0.3 is 16.0 Å². The average Bonchev–Trinajstić information content (AvgIpc) is 3.20. The van der Waals surface area contributed by atoms with Gasteiger partial charge in [-0.3, -0.25) is 4.98 Å². The summed E-state index contributed by atoms with van der Waals surface area (Å²) in [5, 5.41) is 19.2. The van der Waals surface area contributed by atoms with Crippen molar-refractivity contribution in [3.05, 3.63) is 77.6 Å². The lowest BCUT2D eigenvalue weighted by atomic mass is 10.2. The van der Waals surface area contributed by atoms with Gasteiger partial charge in [0.15, 0.2) is 5.01 Å². The fourth-order valence-corrected chi connectivity index (χ4v) is 3.63. The van der Waals surface area contributed by atoms with Crippen LogP contribution in [-0.4, -0.2) is 21.2 Å². The second-order valence-corrected chi connectivity index (χ2v) is 7.81. The summed E-state index contributed by atoms with van der Waals surface area (Å²) >= 11 is 7.38. The minimum absolute atomic E-state index is 0.359. The maximum atomic E-state index is 12.3. The Bertz CT molecular complexity index is 1180. The number of anilines is 4. The fraction of sp³-hybridized carbons (Fsp3) is 0.0476. The zero-order valence-corrected chi connectivity index (χ0v) is 17.5. The Kier molecular flexibility index (Phi) is 5.87. The molecular formula is C21H17ClN6OS. The van der Waals surface area contributed by atoms with Crippen molar-refractivity contribution in [1.29, 1.82) is 0 Å². The molecule has 30 heavy (non-hydrogen) atoms. The molecule has 4 rings (SSSR count). The summed E-state index contributed by atoms with van der Waals surface area (Å²) in [5.74, 6) is 0. The van der Waals surface area contributed by atoms with Crippen LogP contribution in [0.1, 0.15) is 5.56 Å². The highest BCUT2D eigenvalue weighted by Crippen LogP contribution is 2.30. The number of halogens is 1. The molecule has 0 aliphatic rings. The highest BCUT2D eigenvalue weighted by atomic mass is 35.5. The van der Waals surface area contributed by atoms with Crippen molar-refractivity contribution in [3.63, 3.8) is 0 Å². The first kappa shape index (κ1) is 19.8. The zero-order chi connectivity index (χ0) is 20.9. The third-order valence-corrected chi connectivity index (χ3v) is 5.28. The quantitative estimate of drug-likeness (QED) is 0.359. The maximum Gasteiger partial charge on any atom is 0.323 e. The summed E-state index contributed by atoms with van der Waals surface area (Å²) < 4.78 is 0. The van der Waals surface area contributed by atoms with E-state index < -0.39 is 0 Å². The van der Waals surface area contributed by atoms with E-state index in [1.165, 1.54) is 11.3 Å². The Labute approximate surface area is 182 Å². The van der Waals surface area contributed by atoms with Crippen molar-refractivity contribution < 1.29 is 4.79 Å². The van der Waals surface area contributed by atoms with E-state index in [1.54, 1.807) is 36.7 Å². The molecule has 7 nitrogen and oxygen atoms in total. The molecule has 150 valence electrons. The molecule has 0 saturated heterocycles. The number of aromatic nitrogens is 3. The molecular weight excluding hydrogens is 420 g/mol. The van der Waals surface area contributed by atoms with Gasteiger partial charge >= 0.3 is 6.03 Å². The van der Waals surface area contributed by atoms with E-state index in [-0.39, 0.29) is 6.03 Å². The molecule has 3 N–H and O–H groups in total. The largest absolute Gasteiger partial charge is 0.330 e. The fourth-order valence-electron chi connectivity index (χ4n) is 2.69. The number of carbonyl (C=O) groups excluding carboxylic acids is 1. The number of urea groups is 1. The third kappa shape index (κ3) is 4.91. The number of amides is 2. The molecule has 0 aliphatic carbocycles. The van der Waals surface area contributed by atoms with Crippen molar-refractivity contribution >= 4 is 51.2 Å². The first-order valence-electron chi connectivity index (χ1n) is 9.02. The van der Waals surface area contributed by atoms with Gasteiger partial charge in [0, 0.05) is 40.0 Å². The predicted octanol–water partition coefficient (Wildman–Crippen LogP) is 5.95. The second-order valence-electron chi connectivity index (χ2n) is 6.40. The van der Waals surface area contributed by atoms with Crippen LogP contribution in [0.25, 0.3) is 10.6 Å². The van der Waals surface area contributed by atoms with Crippen LogP contribution in [0, 0.1) is 6.92 Å². The van der Waals surface area contributed by atoms with Crippen molar-refractivity contribution in [3.8, 4) is 10.6 Å². The number of aryl methyl sites for hydroxylation is 1. The Morgan fingerprint density at radius 2 is 1.83 bits per heavy atom. The van der Waals surface area contributed by atoms with Crippen LogP contribution in [0.3, 0.4) is 0 Å². The Hall–Kier alpha value is -3.49. The number of carbonyl (C=O) groups is 1. The molecule has 0 bridgehead atoms. The van der Waals surface area contributed by atoms with Crippen molar-refractivity contribution in [2.45, 2.75) is 6.92 Å². The second kappa shape index (κ2) is 8.89. The number of nitrogens with one attached hydrogen (secondary N) is 3. The number of nitrogens with zero attached hydrogens (tertiary/aromatic N) is 3. The first-order valence-corrected chi connectivity index (χ1v) is 10.2. The molecule has 0 aliphatic heterocycles. The number of pyridine rings is 1. The van der Waals surface area contributed by atoms with Crippen LogP contribution in [0.2, 0.25) is 5.02 Å². The average molecular weight is 437 g/mol. The lowest BCUT2D eigenvalue weighted by Gasteiger charge is -2.11. The SMILES string of the molecule is Cc1ccc(NC(=O)Nc2cccc(Cl)c2)cc1Nc1nnc(-c2cccnc2)s1. The monoisotopic (exact) mass is 436 g/mol. The molecule has 0 unspecified atom stereocenters. The predicted molar refractivity (Wildman–Crippen MR) is 122 cm³/mol. The van der Waals surface area contributed by atoms with E-state index in [4.69, 9.17) is 11.6 Å². The van der Waals surface area contributed by atoms with Crippen LogP contribution < -0.4 is 16.0 Å². The summed E-state index contributed by atoms with van der Waals surface area (Å²) in [6, 6.07) is 16.0. The Balaban J connectivity index is 1.46. The first-order chi connectivity index (χ1) is 14.6. The van der Waals surface area contributed by atoms with Gasteiger partial charge in [-0.1, -0.05) is 35.1 Å². The molecule has 0 radical (unpaired) electrons. The topological polar surface area (TPSA) is 91.8 Å². The van der Waals surface area contributed by atoms with Gasteiger partial charge in [-0.15, -0.1) is 10.2 Å². The lowest BCUT2D eigenvalue weighted by Crippen LogP contribution is -2.19. The van der Waals surface area contributed by atoms with Gasteiger partial charge in [-0.2, -0.15) is 0 Å². The number of hydrogen-bond acceptors (Lipinski definition) is 6. The highest BCUT2D eigenvalue weighted by Gasteiger charge is 2.10. The van der Waals surface area contributed by atoms with Crippen LogP contribution in [-0.2, 0) is 0 Å². The minimum atomic E-state index is -0.359.